The molecule has 0 heterocycles. The molecule has 0 radical (unpaired) electrons. The molecule has 4 heteroatoms. The Hall–Kier alpha value is -0.160. The van der Waals surface area contributed by atoms with Gasteiger partial charge in [-0.25, -0.2) is 0 Å². The summed E-state index contributed by atoms with van der Waals surface area (Å²) in [5.41, 5.74) is 21.5. The average molecular weight is 146 g/mol. The molecule has 0 fully saturated rings. The van der Waals surface area contributed by atoms with Gasteiger partial charge in [-0.05, 0) is 19.3 Å². The van der Waals surface area contributed by atoms with Crippen LogP contribution in [0.3, 0.4) is 0 Å². The highest BCUT2D eigenvalue weighted by molar-refractivity contribution is 4.62. The number of hydrogen-bond donors (Lipinski definition) is 4. The maximum Gasteiger partial charge on any atom is 0.0520 e. The second-order valence-corrected chi connectivity index (χ2v) is 2.59. The summed E-state index contributed by atoms with van der Waals surface area (Å²) >= 11 is 0. The third kappa shape index (κ3) is 5.97. The van der Waals surface area contributed by atoms with Crippen LogP contribution in [0.2, 0.25) is 0 Å². The minimum absolute atomic E-state index is 0.110. The predicted octanol–water partition coefficient (Wildman–Crippen LogP) is -1.31. The van der Waals surface area contributed by atoms with Crippen LogP contribution in [0.15, 0.2) is 0 Å². The highest BCUT2D eigenvalue weighted by Crippen LogP contribution is 1.97. The van der Waals surface area contributed by atoms with E-state index >= 15 is 0 Å². The van der Waals surface area contributed by atoms with Crippen LogP contribution >= 0.6 is 0 Å². The molecular formula is C6H18N4. The van der Waals surface area contributed by atoms with E-state index in [-0.39, 0.29) is 12.2 Å². The maximum atomic E-state index is 5.55. The molecule has 10 heavy (non-hydrogen) atoms. The summed E-state index contributed by atoms with van der Waals surface area (Å²) in [5, 5.41) is 0. The van der Waals surface area contributed by atoms with Crippen LogP contribution in [0.4, 0.5) is 0 Å². The lowest BCUT2D eigenvalue weighted by atomic mass is 10.1. The van der Waals surface area contributed by atoms with Gasteiger partial charge in [-0.1, -0.05) is 0 Å². The van der Waals surface area contributed by atoms with Crippen molar-refractivity contribution in [2.45, 2.75) is 31.5 Å². The van der Waals surface area contributed by atoms with E-state index in [0.29, 0.717) is 6.54 Å². The van der Waals surface area contributed by atoms with Crippen molar-refractivity contribution in [3.05, 3.63) is 0 Å². The Morgan fingerprint density at radius 2 is 1.60 bits per heavy atom. The topological polar surface area (TPSA) is 104 Å². The molecule has 0 saturated carbocycles. The molecule has 4 nitrogen and oxygen atoms in total. The zero-order valence-electron chi connectivity index (χ0n) is 6.29. The van der Waals surface area contributed by atoms with E-state index in [1.807, 2.05) is 0 Å². The monoisotopic (exact) mass is 146 g/mol. The summed E-state index contributed by atoms with van der Waals surface area (Å²) in [7, 11) is 0. The Labute approximate surface area is 61.9 Å². The Morgan fingerprint density at radius 1 is 1.00 bits per heavy atom. The molecule has 8 N–H and O–H groups in total. The molecule has 0 aromatic heterocycles. The van der Waals surface area contributed by atoms with Crippen LogP contribution in [0, 0.1) is 0 Å². The van der Waals surface area contributed by atoms with E-state index in [2.05, 4.69) is 0 Å². The zero-order chi connectivity index (χ0) is 7.98. The van der Waals surface area contributed by atoms with Gasteiger partial charge in [0, 0.05) is 12.6 Å². The summed E-state index contributed by atoms with van der Waals surface area (Å²) in [5.74, 6) is 0. The summed E-state index contributed by atoms with van der Waals surface area (Å²) in [6, 6.07) is 0.110. The lowest BCUT2D eigenvalue weighted by Crippen LogP contribution is -2.32. The van der Waals surface area contributed by atoms with E-state index in [1.54, 1.807) is 0 Å². The van der Waals surface area contributed by atoms with Gasteiger partial charge in [0.1, 0.15) is 0 Å². The summed E-state index contributed by atoms with van der Waals surface area (Å²) in [6.45, 7) is 0.541. The molecule has 0 aliphatic carbocycles. The molecular weight excluding hydrogens is 128 g/mol. The Morgan fingerprint density at radius 3 is 2.00 bits per heavy atom. The van der Waals surface area contributed by atoms with Crippen LogP contribution in [-0.2, 0) is 0 Å². The van der Waals surface area contributed by atoms with Gasteiger partial charge in [0.25, 0.3) is 0 Å². The smallest absolute Gasteiger partial charge is 0.0520 e. The molecule has 0 rings (SSSR count). The van der Waals surface area contributed by atoms with Gasteiger partial charge in [0.15, 0.2) is 0 Å². The normalized spacial score (nSPS) is 14.1. The van der Waals surface area contributed by atoms with Crippen LogP contribution in [0.5, 0.6) is 0 Å². The highest BCUT2D eigenvalue weighted by Gasteiger charge is 1.99. The predicted molar refractivity (Wildman–Crippen MR) is 43.0 cm³/mol. The van der Waals surface area contributed by atoms with Crippen molar-refractivity contribution in [3.63, 3.8) is 0 Å². The first-order valence-corrected chi connectivity index (χ1v) is 3.63. The van der Waals surface area contributed by atoms with Crippen LogP contribution in [-0.4, -0.2) is 18.8 Å². The van der Waals surface area contributed by atoms with E-state index in [9.17, 15) is 0 Å². The van der Waals surface area contributed by atoms with Gasteiger partial charge in [-0.3, -0.25) is 0 Å². The van der Waals surface area contributed by atoms with E-state index < -0.39 is 0 Å². The van der Waals surface area contributed by atoms with Crippen LogP contribution in [0.1, 0.15) is 19.3 Å². The molecule has 0 saturated heterocycles. The molecule has 1 atom stereocenters. The van der Waals surface area contributed by atoms with Gasteiger partial charge in [-0.15, -0.1) is 0 Å². The summed E-state index contributed by atoms with van der Waals surface area (Å²) < 4.78 is 0. The minimum atomic E-state index is -0.204. The Balaban J connectivity index is 3.03. The SMILES string of the molecule is NCC(N)CCCC(N)N. The third-order valence-corrected chi connectivity index (χ3v) is 1.42. The fraction of sp³-hybridized carbons (Fsp3) is 1.00. The Bertz CT molecular complexity index is 74.1. The summed E-state index contributed by atoms with van der Waals surface area (Å²) in [4.78, 5) is 0. The molecule has 0 amide bonds. The first-order valence-electron chi connectivity index (χ1n) is 3.63. The second kappa shape index (κ2) is 5.61. The molecule has 0 aliphatic rings. The number of hydrogen-bond acceptors (Lipinski definition) is 4. The van der Waals surface area contributed by atoms with E-state index in [4.69, 9.17) is 22.9 Å². The van der Waals surface area contributed by atoms with Crippen molar-refractivity contribution in [2.24, 2.45) is 22.9 Å². The molecule has 0 aromatic carbocycles. The standard InChI is InChI=1S/C6H18N4/c7-4-5(8)2-1-3-6(9)10/h5-6H,1-4,7-10H2. The van der Waals surface area contributed by atoms with E-state index in [0.717, 1.165) is 19.3 Å². The van der Waals surface area contributed by atoms with Crippen molar-refractivity contribution < 1.29 is 0 Å². The molecule has 1 unspecified atom stereocenters. The lowest BCUT2D eigenvalue weighted by Gasteiger charge is -2.08. The lowest BCUT2D eigenvalue weighted by molar-refractivity contribution is 0.528. The first kappa shape index (κ1) is 9.84. The zero-order valence-corrected chi connectivity index (χ0v) is 6.29. The first-order chi connectivity index (χ1) is 4.66. The van der Waals surface area contributed by atoms with Gasteiger partial charge in [-0.2, -0.15) is 0 Å². The molecule has 0 aliphatic heterocycles. The fourth-order valence-corrected chi connectivity index (χ4v) is 0.734. The second-order valence-electron chi connectivity index (χ2n) is 2.59. The molecule has 0 spiro atoms. The van der Waals surface area contributed by atoms with E-state index in [1.165, 1.54) is 0 Å². The van der Waals surface area contributed by atoms with Gasteiger partial charge in [0.2, 0.25) is 0 Å². The number of nitrogens with two attached hydrogens (primary N) is 4. The molecule has 0 bridgehead atoms. The van der Waals surface area contributed by atoms with Crippen LogP contribution in [0.25, 0.3) is 0 Å². The van der Waals surface area contributed by atoms with Crippen molar-refractivity contribution in [1.82, 2.24) is 0 Å². The highest BCUT2D eigenvalue weighted by atomic mass is 14.8. The maximum absolute atomic E-state index is 5.55. The quantitative estimate of drug-likeness (QED) is 0.361. The van der Waals surface area contributed by atoms with Gasteiger partial charge >= 0.3 is 0 Å². The van der Waals surface area contributed by atoms with Crippen LogP contribution < -0.4 is 22.9 Å². The van der Waals surface area contributed by atoms with Crippen molar-refractivity contribution >= 4 is 0 Å². The van der Waals surface area contributed by atoms with Crippen molar-refractivity contribution in [1.29, 1.82) is 0 Å². The Kier molecular flexibility index (Phi) is 5.52. The largest absolute Gasteiger partial charge is 0.329 e. The summed E-state index contributed by atoms with van der Waals surface area (Å²) in [6.07, 6.45) is 2.51. The van der Waals surface area contributed by atoms with Gasteiger partial charge < -0.3 is 22.9 Å². The minimum Gasteiger partial charge on any atom is -0.329 e. The number of rotatable bonds is 5. The molecule has 62 valence electrons. The third-order valence-electron chi connectivity index (χ3n) is 1.42. The fourth-order valence-electron chi connectivity index (χ4n) is 0.734. The van der Waals surface area contributed by atoms with Crippen molar-refractivity contribution in [2.75, 3.05) is 6.54 Å². The van der Waals surface area contributed by atoms with Gasteiger partial charge in [0.05, 0.1) is 6.17 Å². The average Bonchev–Trinajstić information content (AvgIpc) is 1.87. The molecule has 0 aromatic rings. The van der Waals surface area contributed by atoms with Crippen molar-refractivity contribution in [3.8, 4) is 0 Å².